The highest BCUT2D eigenvalue weighted by molar-refractivity contribution is 5.68. The highest BCUT2D eigenvalue weighted by atomic mass is 16.6. The molecule has 94 valence electrons. The summed E-state index contributed by atoms with van der Waals surface area (Å²) in [4.78, 5) is 13.7. The molecular weight excluding hydrogens is 214 g/mol. The molecule has 0 aromatic carbocycles. The van der Waals surface area contributed by atoms with E-state index in [2.05, 4.69) is 5.92 Å². The largest absolute Gasteiger partial charge is 0.444 e. The number of carbonyl (C=O) groups excluding carboxylic acids is 1. The minimum Gasteiger partial charge on any atom is -0.444 e. The summed E-state index contributed by atoms with van der Waals surface area (Å²) in [7, 11) is 0. The molecule has 0 N–H and O–H groups in total. The molecule has 2 fully saturated rings. The molecule has 1 saturated carbocycles. The Balaban J connectivity index is 1.87. The van der Waals surface area contributed by atoms with Crippen LogP contribution in [0, 0.1) is 23.7 Å². The molecular formula is C14H21NO2. The predicted octanol–water partition coefficient (Wildman–Crippen LogP) is 2.66. The Bertz CT molecular complexity index is 355. The van der Waals surface area contributed by atoms with E-state index in [1.165, 1.54) is 0 Å². The molecule has 0 aromatic rings. The van der Waals surface area contributed by atoms with Gasteiger partial charge in [0.05, 0.1) is 0 Å². The average molecular weight is 235 g/mol. The Labute approximate surface area is 104 Å². The summed E-state index contributed by atoms with van der Waals surface area (Å²) in [5.74, 6) is 3.22. The topological polar surface area (TPSA) is 29.5 Å². The van der Waals surface area contributed by atoms with Gasteiger partial charge in [-0.1, -0.05) is 0 Å². The van der Waals surface area contributed by atoms with Crippen molar-refractivity contribution in [2.75, 3.05) is 13.1 Å². The van der Waals surface area contributed by atoms with Gasteiger partial charge < -0.3 is 9.64 Å². The lowest BCUT2D eigenvalue weighted by Crippen LogP contribution is -2.41. The van der Waals surface area contributed by atoms with Crippen LogP contribution < -0.4 is 0 Å². The number of carbonyl (C=O) groups is 1. The van der Waals surface area contributed by atoms with E-state index in [9.17, 15) is 4.79 Å². The monoisotopic (exact) mass is 235 g/mol. The van der Waals surface area contributed by atoms with E-state index in [1.54, 1.807) is 0 Å². The molecule has 1 saturated heterocycles. The SMILES string of the molecule is C#CC1CC2(CCN(C(=O)OC(C)(C)C)C2)C1. The van der Waals surface area contributed by atoms with E-state index in [1.807, 2.05) is 25.7 Å². The Morgan fingerprint density at radius 3 is 2.65 bits per heavy atom. The highest BCUT2D eigenvalue weighted by Gasteiger charge is 2.49. The summed E-state index contributed by atoms with van der Waals surface area (Å²) in [5.41, 5.74) is -0.109. The first-order valence-electron chi connectivity index (χ1n) is 6.28. The molecule has 1 heterocycles. The number of terminal acetylenes is 1. The lowest BCUT2D eigenvalue weighted by Gasteiger charge is -2.42. The third-order valence-corrected chi connectivity index (χ3v) is 3.68. The van der Waals surface area contributed by atoms with Gasteiger partial charge in [-0.25, -0.2) is 4.79 Å². The van der Waals surface area contributed by atoms with Gasteiger partial charge in [-0.15, -0.1) is 12.3 Å². The van der Waals surface area contributed by atoms with Crippen LogP contribution in [-0.2, 0) is 4.74 Å². The Kier molecular flexibility index (Phi) is 2.85. The van der Waals surface area contributed by atoms with Crippen molar-refractivity contribution >= 4 is 6.09 Å². The molecule has 3 nitrogen and oxygen atoms in total. The first kappa shape index (κ1) is 12.3. The minimum atomic E-state index is -0.409. The van der Waals surface area contributed by atoms with Crippen LogP contribution in [0.5, 0.6) is 0 Å². The average Bonchev–Trinajstić information content (AvgIpc) is 2.56. The fourth-order valence-corrected chi connectivity index (χ4v) is 2.85. The number of nitrogens with zero attached hydrogens (tertiary/aromatic N) is 1. The van der Waals surface area contributed by atoms with Gasteiger partial charge in [-0.2, -0.15) is 0 Å². The maximum absolute atomic E-state index is 11.9. The summed E-state index contributed by atoms with van der Waals surface area (Å²) in [6.45, 7) is 7.32. The van der Waals surface area contributed by atoms with Crippen molar-refractivity contribution in [3.63, 3.8) is 0 Å². The Morgan fingerprint density at radius 1 is 1.47 bits per heavy atom. The summed E-state index contributed by atoms with van der Waals surface area (Å²) in [6, 6.07) is 0. The molecule has 1 amide bonds. The maximum atomic E-state index is 11.9. The molecule has 0 atom stereocenters. The lowest BCUT2D eigenvalue weighted by atomic mass is 9.62. The van der Waals surface area contributed by atoms with Crippen molar-refractivity contribution in [1.82, 2.24) is 4.90 Å². The molecule has 0 bridgehead atoms. The van der Waals surface area contributed by atoms with Gasteiger partial charge in [0.25, 0.3) is 0 Å². The zero-order valence-electron chi connectivity index (χ0n) is 11.0. The van der Waals surface area contributed by atoms with Crippen LogP contribution >= 0.6 is 0 Å². The third kappa shape index (κ3) is 2.57. The lowest BCUT2D eigenvalue weighted by molar-refractivity contribution is 0.0221. The first-order chi connectivity index (χ1) is 7.84. The van der Waals surface area contributed by atoms with Crippen molar-refractivity contribution < 1.29 is 9.53 Å². The quantitative estimate of drug-likeness (QED) is 0.604. The van der Waals surface area contributed by atoms with Gasteiger partial charge in [-0.3, -0.25) is 0 Å². The van der Waals surface area contributed by atoms with E-state index < -0.39 is 5.60 Å². The molecule has 1 spiro atoms. The zero-order chi connectivity index (χ0) is 12.7. The van der Waals surface area contributed by atoms with Gasteiger partial charge >= 0.3 is 6.09 Å². The van der Waals surface area contributed by atoms with Gasteiger partial charge in [0.2, 0.25) is 0 Å². The number of ether oxygens (including phenoxy) is 1. The third-order valence-electron chi connectivity index (χ3n) is 3.68. The molecule has 2 rings (SSSR count). The zero-order valence-corrected chi connectivity index (χ0v) is 11.0. The van der Waals surface area contributed by atoms with Gasteiger partial charge in [0, 0.05) is 19.0 Å². The number of hydrogen-bond acceptors (Lipinski definition) is 2. The molecule has 17 heavy (non-hydrogen) atoms. The van der Waals surface area contributed by atoms with Crippen LogP contribution in [0.25, 0.3) is 0 Å². The second-order valence-electron chi connectivity index (χ2n) is 6.42. The Hall–Kier alpha value is -1.17. The van der Waals surface area contributed by atoms with Crippen LogP contribution in [0.15, 0.2) is 0 Å². The van der Waals surface area contributed by atoms with Crippen molar-refractivity contribution in [3.8, 4) is 12.3 Å². The standard InChI is InChI=1S/C14H21NO2/c1-5-11-8-14(9-11)6-7-15(10-14)12(16)17-13(2,3)4/h1,11H,6-10H2,2-4H3. The second-order valence-corrected chi connectivity index (χ2v) is 6.42. The summed E-state index contributed by atoms with van der Waals surface area (Å²) >= 11 is 0. The molecule has 1 aliphatic heterocycles. The molecule has 0 aromatic heterocycles. The fraction of sp³-hybridized carbons (Fsp3) is 0.786. The van der Waals surface area contributed by atoms with E-state index >= 15 is 0 Å². The van der Waals surface area contributed by atoms with Crippen molar-refractivity contribution in [3.05, 3.63) is 0 Å². The van der Waals surface area contributed by atoms with E-state index in [0.717, 1.165) is 32.4 Å². The van der Waals surface area contributed by atoms with Gasteiger partial charge in [0.1, 0.15) is 5.60 Å². The smallest absolute Gasteiger partial charge is 0.410 e. The summed E-state index contributed by atoms with van der Waals surface area (Å²) in [5, 5.41) is 0. The normalized spacial score (nSPS) is 32.1. The number of likely N-dealkylation sites (tertiary alicyclic amines) is 1. The highest BCUT2D eigenvalue weighted by Crippen LogP contribution is 2.51. The summed E-state index contributed by atoms with van der Waals surface area (Å²) < 4.78 is 5.38. The van der Waals surface area contributed by atoms with Crippen molar-refractivity contribution in [2.45, 2.75) is 45.6 Å². The van der Waals surface area contributed by atoms with Gasteiger partial charge in [0.15, 0.2) is 0 Å². The Morgan fingerprint density at radius 2 is 2.12 bits per heavy atom. The summed E-state index contributed by atoms with van der Waals surface area (Å²) in [6.07, 6.45) is 8.44. The van der Waals surface area contributed by atoms with Gasteiger partial charge in [-0.05, 0) is 45.4 Å². The number of rotatable bonds is 0. The molecule has 0 radical (unpaired) electrons. The van der Waals surface area contributed by atoms with Crippen molar-refractivity contribution in [1.29, 1.82) is 0 Å². The van der Waals surface area contributed by atoms with E-state index in [4.69, 9.17) is 11.2 Å². The van der Waals surface area contributed by atoms with Crippen LogP contribution in [0.1, 0.15) is 40.0 Å². The first-order valence-corrected chi connectivity index (χ1v) is 6.28. The maximum Gasteiger partial charge on any atom is 0.410 e. The second kappa shape index (κ2) is 3.94. The molecule has 0 unspecified atom stereocenters. The number of hydrogen-bond donors (Lipinski definition) is 0. The minimum absolute atomic E-state index is 0.182. The predicted molar refractivity (Wildman–Crippen MR) is 66.4 cm³/mol. The molecule has 1 aliphatic carbocycles. The molecule has 2 aliphatic rings. The van der Waals surface area contributed by atoms with Crippen LogP contribution in [0.4, 0.5) is 4.79 Å². The molecule has 3 heteroatoms. The van der Waals surface area contributed by atoms with E-state index in [-0.39, 0.29) is 6.09 Å². The van der Waals surface area contributed by atoms with Crippen LogP contribution in [0.2, 0.25) is 0 Å². The van der Waals surface area contributed by atoms with Crippen molar-refractivity contribution in [2.24, 2.45) is 11.3 Å². The number of amides is 1. The fourth-order valence-electron chi connectivity index (χ4n) is 2.85. The van der Waals surface area contributed by atoms with Crippen LogP contribution in [0.3, 0.4) is 0 Å². The van der Waals surface area contributed by atoms with Crippen LogP contribution in [-0.4, -0.2) is 29.7 Å². The van der Waals surface area contributed by atoms with E-state index in [0.29, 0.717) is 11.3 Å².